The van der Waals surface area contributed by atoms with Crippen LogP contribution in [0.4, 0.5) is 4.39 Å². The van der Waals surface area contributed by atoms with Gasteiger partial charge >= 0.3 is 0 Å². The number of nitrogens with one attached hydrogen (secondary N) is 1. The maximum atomic E-state index is 13.4. The van der Waals surface area contributed by atoms with E-state index in [1.165, 1.54) is 30.1 Å². The molecule has 10 heteroatoms. The molecule has 7 nitrogen and oxygen atoms in total. The maximum absolute atomic E-state index is 13.4. The highest BCUT2D eigenvalue weighted by Gasteiger charge is 2.13. The van der Waals surface area contributed by atoms with E-state index in [2.05, 4.69) is 36.4 Å². The van der Waals surface area contributed by atoms with Crippen LogP contribution in [0, 0.1) is 19.7 Å². The monoisotopic (exact) mass is 546 g/mol. The first-order chi connectivity index (χ1) is 16.3. The average molecular weight is 547 g/mol. The fourth-order valence-electron chi connectivity index (χ4n) is 2.95. The Morgan fingerprint density at radius 1 is 1.18 bits per heavy atom. The predicted molar refractivity (Wildman–Crippen MR) is 134 cm³/mol. The summed E-state index contributed by atoms with van der Waals surface area (Å²) < 4.78 is 25.7. The van der Waals surface area contributed by atoms with Gasteiger partial charge in [0.2, 0.25) is 0 Å². The summed E-state index contributed by atoms with van der Waals surface area (Å²) in [6.45, 7) is 6.24. The Labute approximate surface area is 210 Å². The van der Waals surface area contributed by atoms with Crippen LogP contribution < -0.4 is 14.9 Å². The number of aromatic nitrogens is 2. The van der Waals surface area contributed by atoms with E-state index in [4.69, 9.17) is 9.47 Å². The number of halogens is 2. The number of thioether (sulfide) groups is 1. The summed E-state index contributed by atoms with van der Waals surface area (Å²) in [5, 5.41) is 4.58. The first-order valence-corrected chi connectivity index (χ1v) is 12.2. The van der Waals surface area contributed by atoms with Crippen LogP contribution in [-0.2, 0) is 11.4 Å². The van der Waals surface area contributed by atoms with Crippen molar-refractivity contribution in [3.05, 3.63) is 75.3 Å². The Kier molecular flexibility index (Phi) is 9.41. The minimum atomic E-state index is -0.321. The number of ether oxygens (including phenoxy) is 2. The molecule has 0 aliphatic heterocycles. The van der Waals surface area contributed by atoms with E-state index in [-0.39, 0.29) is 24.1 Å². The van der Waals surface area contributed by atoms with E-state index in [0.717, 1.165) is 11.4 Å². The minimum absolute atomic E-state index is 0.140. The molecular weight excluding hydrogens is 523 g/mol. The smallest absolute Gasteiger partial charge is 0.250 e. The van der Waals surface area contributed by atoms with Gasteiger partial charge in [0.25, 0.3) is 5.91 Å². The lowest BCUT2D eigenvalue weighted by atomic mass is 10.2. The van der Waals surface area contributed by atoms with Gasteiger partial charge in [-0.05, 0) is 78.2 Å². The maximum Gasteiger partial charge on any atom is 0.250 e. The molecule has 0 fully saturated rings. The molecule has 1 N–H and O–H groups in total. The largest absolute Gasteiger partial charge is 0.490 e. The summed E-state index contributed by atoms with van der Waals surface area (Å²) in [5.74, 6) is 0.545. The van der Waals surface area contributed by atoms with Gasteiger partial charge in [0, 0.05) is 11.4 Å². The molecule has 3 rings (SSSR count). The van der Waals surface area contributed by atoms with Crippen molar-refractivity contribution in [2.45, 2.75) is 32.5 Å². The lowest BCUT2D eigenvalue weighted by molar-refractivity contribution is -0.118. The summed E-state index contributed by atoms with van der Waals surface area (Å²) >= 11 is 4.74. The molecule has 0 atom stereocenters. The number of hydrogen-bond donors (Lipinski definition) is 1. The van der Waals surface area contributed by atoms with Gasteiger partial charge in [-0.2, -0.15) is 5.10 Å². The fourth-order valence-corrected chi connectivity index (χ4v) is 4.26. The van der Waals surface area contributed by atoms with Gasteiger partial charge < -0.3 is 9.47 Å². The van der Waals surface area contributed by atoms with Gasteiger partial charge in [-0.1, -0.05) is 23.9 Å². The van der Waals surface area contributed by atoms with Crippen molar-refractivity contribution in [3.63, 3.8) is 0 Å². The van der Waals surface area contributed by atoms with Crippen molar-refractivity contribution in [1.29, 1.82) is 0 Å². The molecule has 1 amide bonds. The van der Waals surface area contributed by atoms with E-state index in [1.807, 2.05) is 26.8 Å². The molecule has 0 unspecified atom stereocenters. The van der Waals surface area contributed by atoms with E-state index < -0.39 is 0 Å². The van der Waals surface area contributed by atoms with Gasteiger partial charge in [-0.15, -0.1) is 0 Å². The average Bonchev–Trinajstić information content (AvgIpc) is 2.77. The lowest BCUT2D eigenvalue weighted by Crippen LogP contribution is -2.19. The second-order valence-corrected chi connectivity index (χ2v) is 8.99. The van der Waals surface area contributed by atoms with Crippen LogP contribution in [0.15, 0.2) is 57.2 Å². The van der Waals surface area contributed by atoms with Crippen molar-refractivity contribution in [2.75, 3.05) is 12.4 Å². The topological polar surface area (TPSA) is 85.7 Å². The first-order valence-electron chi connectivity index (χ1n) is 10.4. The van der Waals surface area contributed by atoms with E-state index >= 15 is 0 Å². The third-order valence-electron chi connectivity index (χ3n) is 4.30. The molecule has 0 bridgehead atoms. The van der Waals surface area contributed by atoms with Crippen LogP contribution in [-0.4, -0.2) is 34.4 Å². The van der Waals surface area contributed by atoms with Crippen molar-refractivity contribution in [3.8, 4) is 11.5 Å². The van der Waals surface area contributed by atoms with Crippen LogP contribution in [0.1, 0.15) is 29.4 Å². The normalized spacial score (nSPS) is 11.0. The lowest BCUT2D eigenvalue weighted by Gasteiger charge is -2.14. The number of benzene rings is 2. The molecule has 0 aliphatic rings. The molecule has 0 spiro atoms. The van der Waals surface area contributed by atoms with Crippen LogP contribution in [0.3, 0.4) is 0 Å². The van der Waals surface area contributed by atoms with E-state index in [0.29, 0.717) is 38.9 Å². The van der Waals surface area contributed by atoms with Crippen molar-refractivity contribution < 1.29 is 18.7 Å². The van der Waals surface area contributed by atoms with Crippen molar-refractivity contribution >= 4 is 39.8 Å². The zero-order valence-electron chi connectivity index (χ0n) is 19.0. The summed E-state index contributed by atoms with van der Waals surface area (Å²) in [7, 11) is 0. The summed E-state index contributed by atoms with van der Waals surface area (Å²) in [5.41, 5.74) is 5.60. The van der Waals surface area contributed by atoms with Gasteiger partial charge in [0.05, 0.1) is 23.0 Å². The number of amides is 1. The molecule has 0 radical (unpaired) electrons. The summed E-state index contributed by atoms with van der Waals surface area (Å²) in [6, 6.07) is 11.6. The Morgan fingerprint density at radius 3 is 2.65 bits per heavy atom. The first kappa shape index (κ1) is 25.6. The molecule has 3 aromatic rings. The Balaban J connectivity index is 1.61. The van der Waals surface area contributed by atoms with Crippen molar-refractivity contribution in [1.82, 2.24) is 15.4 Å². The predicted octanol–water partition coefficient (Wildman–Crippen LogP) is 5.22. The zero-order chi connectivity index (χ0) is 24.5. The number of rotatable bonds is 10. The molecular formula is C24H24BrFN4O3S. The Bertz CT molecular complexity index is 1170. The highest BCUT2D eigenvalue weighted by molar-refractivity contribution is 9.10. The number of hydrogen-bond acceptors (Lipinski definition) is 7. The van der Waals surface area contributed by atoms with Crippen LogP contribution >= 0.6 is 27.7 Å². The third-order valence-corrected chi connectivity index (χ3v) is 5.74. The molecule has 1 heterocycles. The summed E-state index contributed by atoms with van der Waals surface area (Å²) in [4.78, 5) is 20.7. The van der Waals surface area contributed by atoms with Crippen molar-refractivity contribution in [2.24, 2.45) is 5.10 Å². The van der Waals surface area contributed by atoms with Gasteiger partial charge in [0.15, 0.2) is 16.7 Å². The van der Waals surface area contributed by atoms with Gasteiger partial charge in [0.1, 0.15) is 12.4 Å². The van der Waals surface area contributed by atoms with Gasteiger partial charge in [-0.3, -0.25) is 4.79 Å². The fraction of sp³-hybridized carbons (Fsp3) is 0.250. The highest BCUT2D eigenvalue weighted by atomic mass is 79.9. The second-order valence-electron chi connectivity index (χ2n) is 7.20. The quantitative estimate of drug-likeness (QED) is 0.162. The van der Waals surface area contributed by atoms with Crippen LogP contribution in [0.5, 0.6) is 11.5 Å². The number of aryl methyl sites for hydroxylation is 2. The SMILES string of the molecule is CCOc1cc(/C=N\NC(=O)CSc2nc(C)cc(C)n2)cc(Br)c1OCc1cccc(F)c1. The number of hydrazone groups is 1. The van der Waals surface area contributed by atoms with Gasteiger partial charge in [-0.25, -0.2) is 19.8 Å². The molecule has 0 saturated heterocycles. The molecule has 0 saturated carbocycles. The zero-order valence-corrected chi connectivity index (χ0v) is 21.4. The number of carbonyl (C=O) groups is 1. The van der Waals surface area contributed by atoms with Crippen LogP contribution in [0.2, 0.25) is 0 Å². The molecule has 34 heavy (non-hydrogen) atoms. The standard InChI is InChI=1S/C24H24BrFN4O3S/c1-4-32-21-11-18(10-20(25)23(21)33-13-17-6-5-7-19(26)9-17)12-27-30-22(31)14-34-24-28-15(2)8-16(3)29-24/h5-12H,4,13-14H2,1-3H3,(H,30,31)/b27-12-. The minimum Gasteiger partial charge on any atom is -0.490 e. The molecule has 2 aromatic carbocycles. The van der Waals surface area contributed by atoms with E-state index in [1.54, 1.807) is 24.3 Å². The number of carbonyl (C=O) groups excluding carboxylic acids is 1. The highest BCUT2D eigenvalue weighted by Crippen LogP contribution is 2.37. The second kappa shape index (κ2) is 12.5. The molecule has 0 aliphatic carbocycles. The van der Waals surface area contributed by atoms with E-state index in [9.17, 15) is 9.18 Å². The third kappa shape index (κ3) is 7.81. The Hall–Kier alpha value is -2.98. The van der Waals surface area contributed by atoms with Crippen LogP contribution in [0.25, 0.3) is 0 Å². The summed E-state index contributed by atoms with van der Waals surface area (Å²) in [6.07, 6.45) is 1.51. The molecule has 1 aromatic heterocycles. The Morgan fingerprint density at radius 2 is 1.94 bits per heavy atom. The molecule has 178 valence electrons. The number of nitrogens with zero attached hydrogens (tertiary/aromatic N) is 3.